The predicted molar refractivity (Wildman–Crippen MR) is 51.4 cm³/mol. The van der Waals surface area contributed by atoms with E-state index in [-0.39, 0.29) is 6.61 Å². The SMILES string of the molecule is CCCOC(=O)C(=O)[C@H](O)[C@H](O)[C@H](O)CO. The Bertz CT molecular complexity index is 240. The van der Waals surface area contributed by atoms with E-state index in [1.54, 1.807) is 6.92 Å². The second-order valence-electron chi connectivity index (χ2n) is 3.19. The molecule has 0 fully saturated rings. The third-order valence-corrected chi connectivity index (χ3v) is 1.81. The van der Waals surface area contributed by atoms with Crippen molar-refractivity contribution in [2.75, 3.05) is 13.2 Å². The van der Waals surface area contributed by atoms with E-state index < -0.39 is 36.7 Å². The van der Waals surface area contributed by atoms with Crippen LogP contribution < -0.4 is 0 Å². The van der Waals surface area contributed by atoms with Crippen molar-refractivity contribution in [1.82, 2.24) is 0 Å². The minimum Gasteiger partial charge on any atom is -0.460 e. The van der Waals surface area contributed by atoms with Gasteiger partial charge in [-0.1, -0.05) is 6.92 Å². The molecule has 16 heavy (non-hydrogen) atoms. The third kappa shape index (κ3) is 4.23. The van der Waals surface area contributed by atoms with Crippen LogP contribution in [0.2, 0.25) is 0 Å². The highest BCUT2D eigenvalue weighted by molar-refractivity contribution is 6.35. The second kappa shape index (κ2) is 7.29. The Labute approximate surface area is 92.3 Å². The number of hydrogen-bond donors (Lipinski definition) is 4. The molecule has 0 amide bonds. The fraction of sp³-hybridized carbons (Fsp3) is 0.778. The molecular formula is C9H16O7. The van der Waals surface area contributed by atoms with E-state index in [1.807, 2.05) is 0 Å². The summed E-state index contributed by atoms with van der Waals surface area (Å²) in [6.45, 7) is 0.907. The largest absolute Gasteiger partial charge is 0.460 e. The first-order valence-corrected chi connectivity index (χ1v) is 4.81. The van der Waals surface area contributed by atoms with Crippen LogP contribution >= 0.6 is 0 Å². The van der Waals surface area contributed by atoms with Gasteiger partial charge in [0.25, 0.3) is 5.78 Å². The van der Waals surface area contributed by atoms with E-state index in [2.05, 4.69) is 4.74 Å². The first kappa shape index (κ1) is 15.0. The molecule has 0 heterocycles. The van der Waals surface area contributed by atoms with Crippen molar-refractivity contribution < 1.29 is 34.8 Å². The fourth-order valence-electron chi connectivity index (χ4n) is 0.860. The Morgan fingerprint density at radius 1 is 1.25 bits per heavy atom. The van der Waals surface area contributed by atoms with Crippen molar-refractivity contribution >= 4 is 11.8 Å². The molecule has 0 rings (SSSR count). The van der Waals surface area contributed by atoms with E-state index in [1.165, 1.54) is 0 Å². The van der Waals surface area contributed by atoms with Gasteiger partial charge in [-0.25, -0.2) is 4.79 Å². The summed E-state index contributed by atoms with van der Waals surface area (Å²) >= 11 is 0. The smallest absolute Gasteiger partial charge is 0.377 e. The predicted octanol–water partition coefficient (Wildman–Crippen LogP) is -2.42. The average Bonchev–Trinajstić information content (AvgIpc) is 2.31. The Kier molecular flexibility index (Phi) is 6.82. The number of carbonyl (C=O) groups excluding carboxylic acids is 2. The molecule has 0 aromatic carbocycles. The number of aliphatic hydroxyl groups excluding tert-OH is 4. The fourth-order valence-corrected chi connectivity index (χ4v) is 0.860. The molecular weight excluding hydrogens is 220 g/mol. The van der Waals surface area contributed by atoms with Crippen molar-refractivity contribution in [3.63, 3.8) is 0 Å². The minimum absolute atomic E-state index is 0.0238. The maximum atomic E-state index is 11.1. The molecule has 0 spiro atoms. The summed E-state index contributed by atoms with van der Waals surface area (Å²) in [4.78, 5) is 22.1. The summed E-state index contributed by atoms with van der Waals surface area (Å²) in [5, 5.41) is 35.7. The maximum Gasteiger partial charge on any atom is 0.377 e. The number of ether oxygens (including phenoxy) is 1. The van der Waals surface area contributed by atoms with Gasteiger partial charge in [0.1, 0.15) is 12.2 Å². The van der Waals surface area contributed by atoms with Crippen LogP contribution in [0.1, 0.15) is 13.3 Å². The van der Waals surface area contributed by atoms with Gasteiger partial charge in [0.2, 0.25) is 0 Å². The van der Waals surface area contributed by atoms with Crippen LogP contribution in [0.15, 0.2) is 0 Å². The molecule has 0 saturated heterocycles. The maximum absolute atomic E-state index is 11.1. The molecule has 0 unspecified atom stereocenters. The molecule has 0 radical (unpaired) electrons. The Morgan fingerprint density at radius 3 is 2.25 bits per heavy atom. The van der Waals surface area contributed by atoms with Gasteiger partial charge in [-0.15, -0.1) is 0 Å². The van der Waals surface area contributed by atoms with Gasteiger partial charge in [-0.05, 0) is 6.42 Å². The van der Waals surface area contributed by atoms with Gasteiger partial charge in [0, 0.05) is 0 Å². The molecule has 4 N–H and O–H groups in total. The van der Waals surface area contributed by atoms with Gasteiger partial charge in [0.15, 0.2) is 6.10 Å². The second-order valence-corrected chi connectivity index (χ2v) is 3.19. The first-order chi connectivity index (χ1) is 7.45. The van der Waals surface area contributed by atoms with Crippen molar-refractivity contribution in [1.29, 1.82) is 0 Å². The number of rotatable bonds is 7. The van der Waals surface area contributed by atoms with Crippen LogP contribution in [-0.4, -0.2) is 63.7 Å². The van der Waals surface area contributed by atoms with Crippen molar-refractivity contribution in [3.8, 4) is 0 Å². The Morgan fingerprint density at radius 2 is 1.81 bits per heavy atom. The van der Waals surface area contributed by atoms with Gasteiger partial charge < -0.3 is 25.2 Å². The van der Waals surface area contributed by atoms with Gasteiger partial charge >= 0.3 is 5.97 Å². The molecule has 0 bridgehead atoms. The third-order valence-electron chi connectivity index (χ3n) is 1.81. The Hall–Kier alpha value is -1.02. The lowest BCUT2D eigenvalue weighted by molar-refractivity contribution is -0.163. The van der Waals surface area contributed by atoms with Crippen molar-refractivity contribution in [2.45, 2.75) is 31.7 Å². The number of aliphatic hydroxyl groups is 4. The average molecular weight is 236 g/mol. The van der Waals surface area contributed by atoms with Gasteiger partial charge in [-0.2, -0.15) is 0 Å². The summed E-state index contributed by atoms with van der Waals surface area (Å²) in [5.74, 6) is -2.63. The lowest BCUT2D eigenvalue weighted by atomic mass is 10.1. The van der Waals surface area contributed by atoms with Crippen LogP contribution in [0.5, 0.6) is 0 Å². The highest BCUT2D eigenvalue weighted by Gasteiger charge is 2.34. The molecule has 0 aliphatic rings. The molecule has 0 aliphatic heterocycles. The van der Waals surface area contributed by atoms with Crippen molar-refractivity contribution in [3.05, 3.63) is 0 Å². The van der Waals surface area contributed by atoms with E-state index in [0.29, 0.717) is 6.42 Å². The number of ketones is 1. The summed E-state index contributed by atoms with van der Waals surface area (Å²) in [6.07, 6.45) is -5.21. The molecule has 0 aromatic rings. The summed E-state index contributed by atoms with van der Waals surface area (Å²) < 4.78 is 4.43. The molecule has 7 nitrogen and oxygen atoms in total. The molecule has 94 valence electrons. The molecule has 0 aliphatic carbocycles. The van der Waals surface area contributed by atoms with E-state index in [0.717, 1.165) is 0 Å². The highest BCUT2D eigenvalue weighted by atomic mass is 16.5. The minimum atomic E-state index is -2.11. The van der Waals surface area contributed by atoms with Crippen LogP contribution in [0, 0.1) is 0 Å². The summed E-state index contributed by atoms with van der Waals surface area (Å²) in [5.41, 5.74) is 0. The lowest BCUT2D eigenvalue weighted by Gasteiger charge is -2.19. The lowest BCUT2D eigenvalue weighted by Crippen LogP contribution is -2.46. The highest BCUT2D eigenvalue weighted by Crippen LogP contribution is 2.02. The molecule has 3 atom stereocenters. The van der Waals surface area contributed by atoms with Crippen LogP contribution in [0.4, 0.5) is 0 Å². The summed E-state index contributed by atoms with van der Waals surface area (Å²) in [6, 6.07) is 0. The molecule has 7 heteroatoms. The monoisotopic (exact) mass is 236 g/mol. The van der Waals surface area contributed by atoms with E-state index in [9.17, 15) is 14.7 Å². The van der Waals surface area contributed by atoms with Crippen molar-refractivity contribution in [2.24, 2.45) is 0 Å². The van der Waals surface area contributed by atoms with Crippen LogP contribution in [0.25, 0.3) is 0 Å². The Balaban J connectivity index is 4.31. The number of esters is 1. The normalized spacial score (nSPS) is 16.3. The van der Waals surface area contributed by atoms with Crippen LogP contribution in [-0.2, 0) is 14.3 Å². The van der Waals surface area contributed by atoms with Gasteiger partial charge in [0.05, 0.1) is 13.2 Å². The van der Waals surface area contributed by atoms with Crippen LogP contribution in [0.3, 0.4) is 0 Å². The van der Waals surface area contributed by atoms with E-state index in [4.69, 9.17) is 15.3 Å². The first-order valence-electron chi connectivity index (χ1n) is 4.81. The zero-order valence-electron chi connectivity index (χ0n) is 8.87. The zero-order chi connectivity index (χ0) is 12.7. The quantitative estimate of drug-likeness (QED) is 0.286. The number of Topliss-reactive ketones (excluding diaryl/α,β-unsaturated/α-hetero) is 1. The summed E-state index contributed by atoms with van der Waals surface area (Å²) in [7, 11) is 0. The molecule has 0 saturated carbocycles. The molecule has 0 aromatic heterocycles. The zero-order valence-corrected chi connectivity index (χ0v) is 8.87. The van der Waals surface area contributed by atoms with Gasteiger partial charge in [-0.3, -0.25) is 4.79 Å². The topological polar surface area (TPSA) is 124 Å². The number of hydrogen-bond acceptors (Lipinski definition) is 7. The van der Waals surface area contributed by atoms with E-state index >= 15 is 0 Å². The standard InChI is InChI=1S/C9H16O7/c1-2-3-16-9(15)8(14)7(13)6(12)5(11)4-10/h5-7,10-13H,2-4H2,1H3/t5-,6-,7-/m1/s1. The number of carbonyl (C=O) groups is 2.